The highest BCUT2D eigenvalue weighted by molar-refractivity contribution is 5.94. The van der Waals surface area contributed by atoms with Crippen molar-refractivity contribution < 1.29 is 13.9 Å². The van der Waals surface area contributed by atoms with Crippen molar-refractivity contribution in [2.45, 2.75) is 25.3 Å². The van der Waals surface area contributed by atoms with Gasteiger partial charge in [-0.1, -0.05) is 12.1 Å². The maximum Gasteiger partial charge on any atom is 0.251 e. The largest absolute Gasteiger partial charge is 0.454 e. The van der Waals surface area contributed by atoms with Crippen molar-refractivity contribution in [2.75, 3.05) is 19.6 Å². The SMILES string of the molecule is O=C(NC1CC2CCN(CC2)C1)c1ccc(Oc2ccccc2F)cc1. The lowest BCUT2D eigenvalue weighted by molar-refractivity contribution is 0.0929. The number of rotatable bonds is 4. The van der Waals surface area contributed by atoms with E-state index in [0.717, 1.165) is 32.0 Å². The first-order valence-corrected chi connectivity index (χ1v) is 9.23. The van der Waals surface area contributed by atoms with Crippen LogP contribution < -0.4 is 10.1 Å². The molecule has 2 aromatic rings. The number of hydrogen-bond acceptors (Lipinski definition) is 3. The summed E-state index contributed by atoms with van der Waals surface area (Å²) in [5.74, 6) is 0.941. The second-order valence-electron chi connectivity index (χ2n) is 7.21. The molecule has 1 unspecified atom stereocenters. The van der Waals surface area contributed by atoms with Crippen LogP contribution in [0, 0.1) is 11.7 Å². The van der Waals surface area contributed by atoms with Gasteiger partial charge in [-0.3, -0.25) is 4.79 Å². The predicted octanol–water partition coefficient (Wildman–Crippen LogP) is 3.83. The van der Waals surface area contributed by atoms with Crippen LogP contribution in [-0.2, 0) is 0 Å². The number of para-hydroxylation sites is 1. The Morgan fingerprint density at radius 3 is 2.54 bits per heavy atom. The zero-order chi connectivity index (χ0) is 17.9. The van der Waals surface area contributed by atoms with Gasteiger partial charge in [-0.2, -0.15) is 0 Å². The Morgan fingerprint density at radius 2 is 1.81 bits per heavy atom. The molecule has 5 rings (SSSR count). The third kappa shape index (κ3) is 3.88. The molecule has 3 fully saturated rings. The zero-order valence-corrected chi connectivity index (χ0v) is 14.7. The van der Waals surface area contributed by atoms with Crippen LogP contribution in [0.15, 0.2) is 48.5 Å². The fraction of sp³-hybridized carbons (Fsp3) is 0.381. The van der Waals surface area contributed by atoms with E-state index in [4.69, 9.17) is 4.74 Å². The molecule has 1 atom stereocenters. The second-order valence-corrected chi connectivity index (χ2v) is 7.21. The van der Waals surface area contributed by atoms with E-state index >= 15 is 0 Å². The van der Waals surface area contributed by atoms with Gasteiger partial charge in [-0.25, -0.2) is 4.39 Å². The first kappa shape index (κ1) is 17.0. The minimum absolute atomic E-state index is 0.0602. The molecule has 1 N–H and O–H groups in total. The number of amides is 1. The van der Waals surface area contributed by atoms with Crippen LogP contribution in [-0.4, -0.2) is 36.5 Å². The fourth-order valence-corrected chi connectivity index (χ4v) is 3.90. The summed E-state index contributed by atoms with van der Waals surface area (Å²) in [5, 5.41) is 3.17. The van der Waals surface area contributed by atoms with Gasteiger partial charge in [0.2, 0.25) is 0 Å². The highest BCUT2D eigenvalue weighted by atomic mass is 19.1. The maximum absolute atomic E-state index is 13.7. The van der Waals surface area contributed by atoms with Crippen LogP contribution in [0.25, 0.3) is 0 Å². The standard InChI is InChI=1S/C21H23FN2O2/c22-19-3-1-2-4-20(19)26-18-7-5-16(6-8-18)21(25)23-17-13-15-9-11-24(14-17)12-10-15/h1-8,15,17H,9-14H2,(H,23,25). The number of carbonyl (C=O) groups excluding carboxylic acids is 1. The van der Waals surface area contributed by atoms with Crippen molar-refractivity contribution in [3.63, 3.8) is 0 Å². The maximum atomic E-state index is 13.7. The average Bonchev–Trinajstić information content (AvgIpc) is 2.96. The minimum atomic E-state index is -0.410. The summed E-state index contributed by atoms with van der Waals surface area (Å²) in [7, 11) is 0. The number of ether oxygens (including phenoxy) is 1. The molecule has 2 aromatic carbocycles. The van der Waals surface area contributed by atoms with Gasteiger partial charge in [0.15, 0.2) is 11.6 Å². The van der Waals surface area contributed by atoms with E-state index in [1.165, 1.54) is 18.9 Å². The Hall–Kier alpha value is -2.40. The summed E-state index contributed by atoms with van der Waals surface area (Å²) in [6.45, 7) is 3.24. The molecule has 26 heavy (non-hydrogen) atoms. The van der Waals surface area contributed by atoms with Crippen molar-refractivity contribution in [3.05, 3.63) is 59.9 Å². The number of carbonyl (C=O) groups is 1. The molecular weight excluding hydrogens is 331 g/mol. The highest BCUT2D eigenvalue weighted by Crippen LogP contribution is 2.27. The second kappa shape index (κ2) is 7.46. The average molecular weight is 354 g/mol. The fourth-order valence-electron chi connectivity index (χ4n) is 3.90. The molecule has 136 valence electrons. The molecule has 0 spiro atoms. The monoisotopic (exact) mass is 354 g/mol. The summed E-state index contributed by atoms with van der Waals surface area (Å²) in [6, 6.07) is 13.3. The van der Waals surface area contributed by atoms with Crippen LogP contribution in [0.4, 0.5) is 4.39 Å². The zero-order valence-electron chi connectivity index (χ0n) is 14.7. The van der Waals surface area contributed by atoms with E-state index in [2.05, 4.69) is 10.2 Å². The Bertz CT molecular complexity index is 756. The van der Waals surface area contributed by atoms with E-state index < -0.39 is 5.82 Å². The third-order valence-corrected chi connectivity index (χ3v) is 5.32. The van der Waals surface area contributed by atoms with Crippen molar-refractivity contribution in [3.8, 4) is 11.5 Å². The molecule has 0 saturated carbocycles. The lowest BCUT2D eigenvalue weighted by Crippen LogP contribution is -2.41. The Balaban J connectivity index is 1.38. The minimum Gasteiger partial charge on any atom is -0.454 e. The molecule has 4 nitrogen and oxygen atoms in total. The smallest absolute Gasteiger partial charge is 0.251 e. The van der Waals surface area contributed by atoms with Gasteiger partial charge >= 0.3 is 0 Å². The van der Waals surface area contributed by atoms with Crippen molar-refractivity contribution >= 4 is 5.91 Å². The van der Waals surface area contributed by atoms with Gasteiger partial charge in [0.1, 0.15) is 5.75 Å². The van der Waals surface area contributed by atoms with Crippen molar-refractivity contribution in [1.29, 1.82) is 0 Å². The molecule has 3 saturated heterocycles. The number of halogens is 1. The molecule has 0 aliphatic carbocycles. The Kier molecular flexibility index (Phi) is 4.89. The first-order chi connectivity index (χ1) is 12.7. The van der Waals surface area contributed by atoms with Gasteiger partial charge in [-0.15, -0.1) is 0 Å². The van der Waals surface area contributed by atoms with Crippen molar-refractivity contribution in [1.82, 2.24) is 10.2 Å². The summed E-state index contributed by atoms with van der Waals surface area (Å²) in [5.41, 5.74) is 0.595. The van der Waals surface area contributed by atoms with E-state index in [1.54, 1.807) is 42.5 Å². The van der Waals surface area contributed by atoms with E-state index in [9.17, 15) is 9.18 Å². The summed E-state index contributed by atoms with van der Waals surface area (Å²) in [6.07, 6.45) is 3.56. The summed E-state index contributed by atoms with van der Waals surface area (Å²) in [4.78, 5) is 15.0. The quantitative estimate of drug-likeness (QED) is 0.907. The molecule has 0 radical (unpaired) electrons. The van der Waals surface area contributed by atoms with E-state index in [-0.39, 0.29) is 17.7 Å². The molecular formula is C21H23FN2O2. The topological polar surface area (TPSA) is 41.6 Å². The Labute approximate surface area is 153 Å². The predicted molar refractivity (Wildman–Crippen MR) is 98.0 cm³/mol. The number of benzene rings is 2. The Morgan fingerprint density at radius 1 is 1.08 bits per heavy atom. The first-order valence-electron chi connectivity index (χ1n) is 9.23. The lowest BCUT2D eigenvalue weighted by atomic mass is 9.94. The molecule has 3 heterocycles. The number of nitrogens with one attached hydrogen (secondary N) is 1. The van der Waals surface area contributed by atoms with Gasteiger partial charge in [0.25, 0.3) is 5.91 Å². The summed E-state index contributed by atoms with van der Waals surface area (Å²) >= 11 is 0. The number of hydrogen-bond donors (Lipinski definition) is 1. The number of piperidine rings is 1. The molecule has 1 amide bonds. The molecule has 2 bridgehead atoms. The van der Waals surface area contributed by atoms with Crippen LogP contribution in [0.3, 0.4) is 0 Å². The molecule has 0 aromatic heterocycles. The molecule has 5 heteroatoms. The van der Waals surface area contributed by atoms with Crippen LogP contribution in [0.1, 0.15) is 29.6 Å². The lowest BCUT2D eigenvalue weighted by Gasteiger charge is -2.26. The highest BCUT2D eigenvalue weighted by Gasteiger charge is 2.29. The van der Waals surface area contributed by atoms with Gasteiger partial charge < -0.3 is 15.0 Å². The number of nitrogens with zero attached hydrogens (tertiary/aromatic N) is 1. The van der Waals surface area contributed by atoms with Crippen LogP contribution >= 0.6 is 0 Å². The summed E-state index contributed by atoms with van der Waals surface area (Å²) < 4.78 is 19.2. The van der Waals surface area contributed by atoms with Crippen LogP contribution in [0.2, 0.25) is 0 Å². The molecule has 3 aliphatic rings. The van der Waals surface area contributed by atoms with E-state index in [1.807, 2.05) is 0 Å². The normalized spacial score (nSPS) is 24.7. The number of fused-ring (bicyclic) bond motifs is 4. The van der Waals surface area contributed by atoms with Crippen molar-refractivity contribution in [2.24, 2.45) is 5.92 Å². The van der Waals surface area contributed by atoms with Gasteiger partial charge in [0.05, 0.1) is 0 Å². The van der Waals surface area contributed by atoms with E-state index in [0.29, 0.717) is 11.3 Å². The van der Waals surface area contributed by atoms with Crippen LogP contribution in [0.5, 0.6) is 11.5 Å². The molecule has 3 aliphatic heterocycles. The third-order valence-electron chi connectivity index (χ3n) is 5.32. The van der Waals surface area contributed by atoms with Gasteiger partial charge in [-0.05, 0) is 74.7 Å². The van der Waals surface area contributed by atoms with Gasteiger partial charge in [0, 0.05) is 18.2 Å².